The quantitative estimate of drug-likeness (QED) is 0.754. The highest BCUT2D eigenvalue weighted by Crippen LogP contribution is 2.31. The van der Waals surface area contributed by atoms with Crippen LogP contribution in [0, 0.1) is 3.57 Å². The minimum Gasteiger partial charge on any atom is -0.404 e. The van der Waals surface area contributed by atoms with E-state index in [1.165, 1.54) is 18.2 Å². The Hall–Kier alpha value is -0.720. The summed E-state index contributed by atoms with van der Waals surface area (Å²) in [5.41, 5.74) is 0.328. The first-order valence-electron chi connectivity index (χ1n) is 3.61. The minimum absolute atomic E-state index is 0.199. The molecule has 0 fully saturated rings. The van der Waals surface area contributed by atoms with Crippen LogP contribution in [0.25, 0.3) is 6.08 Å². The molecule has 1 rings (SSSR count). The van der Waals surface area contributed by atoms with E-state index in [0.29, 0.717) is 9.13 Å². The van der Waals surface area contributed by atoms with Crippen LogP contribution in [-0.4, -0.2) is 6.36 Å². The van der Waals surface area contributed by atoms with Gasteiger partial charge in [0.25, 0.3) is 0 Å². The predicted octanol–water partition coefficient (Wildman–Crippen LogP) is 3.83. The molecule has 0 spiro atoms. The summed E-state index contributed by atoms with van der Waals surface area (Å²) in [5, 5.41) is 0. The topological polar surface area (TPSA) is 9.23 Å². The molecule has 0 N–H and O–H groups in total. The molecule has 0 bridgehead atoms. The maximum Gasteiger partial charge on any atom is 0.573 e. The van der Waals surface area contributed by atoms with Crippen LogP contribution in [0.3, 0.4) is 0 Å². The number of ether oxygens (including phenoxy) is 1. The van der Waals surface area contributed by atoms with Gasteiger partial charge in [-0.1, -0.05) is 24.8 Å². The number of halogens is 4. The van der Waals surface area contributed by atoms with Crippen molar-refractivity contribution in [3.63, 3.8) is 0 Å². The third-order valence-corrected chi connectivity index (χ3v) is 2.28. The average molecular weight is 314 g/mol. The number of benzene rings is 1. The number of para-hydroxylation sites is 1. The van der Waals surface area contributed by atoms with Crippen molar-refractivity contribution in [3.8, 4) is 5.75 Å². The van der Waals surface area contributed by atoms with E-state index in [0.717, 1.165) is 0 Å². The molecule has 0 saturated heterocycles. The van der Waals surface area contributed by atoms with Gasteiger partial charge in [0.1, 0.15) is 5.75 Å². The third kappa shape index (κ3) is 2.90. The summed E-state index contributed by atoms with van der Waals surface area (Å²) in [7, 11) is 0. The monoisotopic (exact) mass is 314 g/mol. The highest BCUT2D eigenvalue weighted by molar-refractivity contribution is 14.1. The molecular formula is C9H6F3IO. The first-order chi connectivity index (χ1) is 6.44. The van der Waals surface area contributed by atoms with E-state index in [4.69, 9.17) is 0 Å². The lowest BCUT2D eigenvalue weighted by molar-refractivity contribution is -0.275. The number of hydrogen-bond donors (Lipinski definition) is 0. The van der Waals surface area contributed by atoms with Crippen molar-refractivity contribution in [1.82, 2.24) is 0 Å². The van der Waals surface area contributed by atoms with Gasteiger partial charge >= 0.3 is 6.36 Å². The lowest BCUT2D eigenvalue weighted by atomic mass is 10.2. The fraction of sp³-hybridized carbons (Fsp3) is 0.111. The van der Waals surface area contributed by atoms with E-state index in [9.17, 15) is 13.2 Å². The highest BCUT2D eigenvalue weighted by Gasteiger charge is 2.32. The standard InChI is InChI=1S/C9H6F3IO/c1-2-6-4-3-5-7(13)8(6)14-9(10,11)12/h2-5H,1H2. The zero-order valence-corrected chi connectivity index (χ0v) is 9.09. The second-order valence-corrected chi connectivity index (χ2v) is 3.57. The molecule has 1 nitrogen and oxygen atoms in total. The lowest BCUT2D eigenvalue weighted by Crippen LogP contribution is -2.18. The van der Waals surface area contributed by atoms with Crippen LogP contribution >= 0.6 is 22.6 Å². The molecule has 0 atom stereocenters. The van der Waals surface area contributed by atoms with E-state index in [1.54, 1.807) is 28.7 Å². The Morgan fingerprint density at radius 3 is 2.50 bits per heavy atom. The highest BCUT2D eigenvalue weighted by atomic mass is 127. The number of hydrogen-bond acceptors (Lipinski definition) is 1. The molecule has 0 aliphatic carbocycles. The van der Waals surface area contributed by atoms with Gasteiger partial charge in [0.05, 0.1) is 3.57 Å². The van der Waals surface area contributed by atoms with E-state index in [-0.39, 0.29) is 5.75 Å². The summed E-state index contributed by atoms with van der Waals surface area (Å²) in [4.78, 5) is 0. The van der Waals surface area contributed by atoms with Gasteiger partial charge in [0.2, 0.25) is 0 Å². The van der Waals surface area contributed by atoms with E-state index >= 15 is 0 Å². The summed E-state index contributed by atoms with van der Waals surface area (Å²) >= 11 is 1.78. The van der Waals surface area contributed by atoms with Crippen LogP contribution in [0.2, 0.25) is 0 Å². The van der Waals surface area contributed by atoms with Crippen LogP contribution in [-0.2, 0) is 0 Å². The summed E-state index contributed by atoms with van der Waals surface area (Å²) in [5.74, 6) is -0.199. The summed E-state index contributed by atoms with van der Waals surface area (Å²) in [6.45, 7) is 3.41. The van der Waals surface area contributed by atoms with Gasteiger partial charge in [0.15, 0.2) is 0 Å². The number of rotatable bonds is 2. The van der Waals surface area contributed by atoms with Gasteiger partial charge in [-0.15, -0.1) is 13.2 Å². The Morgan fingerprint density at radius 2 is 2.00 bits per heavy atom. The zero-order chi connectivity index (χ0) is 10.8. The van der Waals surface area contributed by atoms with Crippen LogP contribution in [0.1, 0.15) is 5.56 Å². The second-order valence-electron chi connectivity index (χ2n) is 2.41. The van der Waals surface area contributed by atoms with Crippen molar-refractivity contribution in [1.29, 1.82) is 0 Å². The van der Waals surface area contributed by atoms with Crippen molar-refractivity contribution in [2.45, 2.75) is 6.36 Å². The van der Waals surface area contributed by atoms with Gasteiger partial charge in [-0.2, -0.15) is 0 Å². The van der Waals surface area contributed by atoms with E-state index in [1.807, 2.05) is 0 Å². The van der Waals surface area contributed by atoms with E-state index in [2.05, 4.69) is 11.3 Å². The summed E-state index contributed by atoms with van der Waals surface area (Å²) < 4.78 is 40.2. The van der Waals surface area contributed by atoms with Crippen LogP contribution < -0.4 is 4.74 Å². The molecule has 0 aliphatic heterocycles. The van der Waals surface area contributed by atoms with Crippen LogP contribution in [0.5, 0.6) is 5.75 Å². The molecule has 0 radical (unpaired) electrons. The molecule has 0 heterocycles. The minimum atomic E-state index is -4.67. The average Bonchev–Trinajstić information content (AvgIpc) is 2.06. The molecule has 5 heteroatoms. The van der Waals surface area contributed by atoms with Crippen molar-refractivity contribution in [2.75, 3.05) is 0 Å². The first kappa shape index (κ1) is 11.4. The normalized spacial score (nSPS) is 11.1. The molecule has 0 aromatic heterocycles. The second kappa shape index (κ2) is 4.20. The van der Waals surface area contributed by atoms with Crippen molar-refractivity contribution in [3.05, 3.63) is 33.9 Å². The van der Waals surface area contributed by atoms with Gasteiger partial charge in [-0.25, -0.2) is 0 Å². The Morgan fingerprint density at radius 1 is 1.36 bits per heavy atom. The molecule has 1 aromatic carbocycles. The maximum absolute atomic E-state index is 12.0. The lowest BCUT2D eigenvalue weighted by Gasteiger charge is -2.12. The van der Waals surface area contributed by atoms with Gasteiger partial charge < -0.3 is 4.74 Å². The van der Waals surface area contributed by atoms with E-state index < -0.39 is 6.36 Å². The molecule has 0 amide bonds. The molecule has 1 aromatic rings. The van der Waals surface area contributed by atoms with Crippen LogP contribution in [0.15, 0.2) is 24.8 Å². The van der Waals surface area contributed by atoms with Gasteiger partial charge in [-0.05, 0) is 28.7 Å². The molecular weight excluding hydrogens is 308 g/mol. The molecule has 0 saturated carbocycles. The molecule has 0 unspecified atom stereocenters. The SMILES string of the molecule is C=Cc1cccc(I)c1OC(F)(F)F. The smallest absolute Gasteiger partial charge is 0.404 e. The fourth-order valence-corrected chi connectivity index (χ4v) is 1.54. The largest absolute Gasteiger partial charge is 0.573 e. The Bertz CT molecular complexity index is 346. The maximum atomic E-state index is 12.0. The summed E-state index contributed by atoms with van der Waals surface area (Å²) in [6.07, 6.45) is -3.34. The Labute approximate surface area is 92.7 Å². The van der Waals surface area contributed by atoms with Crippen molar-refractivity contribution < 1.29 is 17.9 Å². The molecule has 14 heavy (non-hydrogen) atoms. The van der Waals surface area contributed by atoms with Crippen molar-refractivity contribution >= 4 is 28.7 Å². The zero-order valence-electron chi connectivity index (χ0n) is 6.94. The van der Waals surface area contributed by atoms with Crippen LogP contribution in [0.4, 0.5) is 13.2 Å². The fourth-order valence-electron chi connectivity index (χ4n) is 0.910. The molecule has 76 valence electrons. The number of alkyl halides is 3. The summed E-state index contributed by atoms with van der Waals surface area (Å²) in [6, 6.07) is 4.69. The first-order valence-corrected chi connectivity index (χ1v) is 4.68. The Kier molecular flexibility index (Phi) is 3.41. The predicted molar refractivity (Wildman–Crippen MR) is 55.9 cm³/mol. The van der Waals surface area contributed by atoms with Gasteiger partial charge in [0, 0.05) is 5.56 Å². The van der Waals surface area contributed by atoms with Gasteiger partial charge in [-0.3, -0.25) is 0 Å². The Balaban J connectivity index is 3.11. The third-order valence-electron chi connectivity index (χ3n) is 1.44. The molecule has 0 aliphatic rings. The van der Waals surface area contributed by atoms with Crippen molar-refractivity contribution in [2.24, 2.45) is 0 Å².